The molecule has 2 aliphatic rings. The maximum absolute atomic E-state index is 13.3. The largest absolute Gasteiger partial charge is 0.507 e. The number of Topliss-reactive ketones (excluding diaryl/α,β-unsaturated/α-hetero) is 1. The first kappa shape index (κ1) is 26.5. The summed E-state index contributed by atoms with van der Waals surface area (Å²) in [5.74, 6) is -0.819. The fourth-order valence-corrected chi connectivity index (χ4v) is 4.89. The topological polar surface area (TPSA) is 109 Å². The van der Waals surface area contributed by atoms with E-state index in [1.165, 1.54) is 11.0 Å². The molecule has 0 bridgehead atoms. The molecule has 2 aliphatic heterocycles. The number of aliphatic hydroxyl groups is 1. The number of morpholine rings is 1. The van der Waals surface area contributed by atoms with Gasteiger partial charge in [0.25, 0.3) is 11.7 Å². The number of phenolic OH excluding ortho intramolecular Hbond substituents is 1. The monoisotopic (exact) mass is 510 g/mol. The highest BCUT2D eigenvalue weighted by Gasteiger charge is 2.46. The fraction of sp³-hybridized carbons (Fsp3) is 0.429. The van der Waals surface area contributed by atoms with E-state index in [0.29, 0.717) is 55.2 Å². The fourth-order valence-electron chi connectivity index (χ4n) is 4.89. The molecule has 2 fully saturated rings. The Bertz CT molecular complexity index is 1190. The van der Waals surface area contributed by atoms with Gasteiger partial charge in [0.1, 0.15) is 11.5 Å². The number of hydrogen-bond acceptors (Lipinski definition) is 8. The van der Waals surface area contributed by atoms with Gasteiger partial charge in [0.15, 0.2) is 11.5 Å². The van der Waals surface area contributed by atoms with Crippen LogP contribution in [-0.2, 0) is 14.3 Å². The van der Waals surface area contributed by atoms with E-state index in [0.717, 1.165) is 19.6 Å². The van der Waals surface area contributed by atoms with Crippen molar-refractivity contribution < 1.29 is 34.0 Å². The van der Waals surface area contributed by atoms with Crippen LogP contribution >= 0.6 is 0 Å². The molecule has 2 aromatic rings. The number of aryl methyl sites for hydroxylation is 1. The highest BCUT2D eigenvalue weighted by atomic mass is 16.5. The lowest BCUT2D eigenvalue weighted by Gasteiger charge is -2.29. The van der Waals surface area contributed by atoms with Crippen molar-refractivity contribution in [2.75, 3.05) is 53.1 Å². The molecule has 2 heterocycles. The van der Waals surface area contributed by atoms with Crippen LogP contribution in [0.25, 0.3) is 5.76 Å². The van der Waals surface area contributed by atoms with Crippen LogP contribution in [-0.4, -0.2) is 84.8 Å². The number of aliphatic hydroxyl groups excluding tert-OH is 1. The number of amides is 1. The van der Waals surface area contributed by atoms with Crippen molar-refractivity contribution in [1.82, 2.24) is 9.80 Å². The third-order valence-corrected chi connectivity index (χ3v) is 6.81. The number of ketones is 1. The predicted octanol–water partition coefficient (Wildman–Crippen LogP) is 3.25. The molecule has 0 unspecified atom stereocenters. The third-order valence-electron chi connectivity index (χ3n) is 6.81. The van der Waals surface area contributed by atoms with Crippen LogP contribution < -0.4 is 9.47 Å². The number of nitrogens with zero attached hydrogens (tertiary/aromatic N) is 2. The Morgan fingerprint density at radius 3 is 2.54 bits per heavy atom. The lowest BCUT2D eigenvalue weighted by molar-refractivity contribution is -0.140. The summed E-state index contributed by atoms with van der Waals surface area (Å²) < 4.78 is 16.2. The van der Waals surface area contributed by atoms with Crippen molar-refractivity contribution in [2.24, 2.45) is 0 Å². The van der Waals surface area contributed by atoms with Crippen molar-refractivity contribution in [3.8, 4) is 17.2 Å². The summed E-state index contributed by atoms with van der Waals surface area (Å²) in [6.45, 7) is 8.05. The Balaban J connectivity index is 1.74. The van der Waals surface area contributed by atoms with E-state index < -0.39 is 17.7 Å². The molecule has 2 saturated heterocycles. The maximum atomic E-state index is 13.3. The number of aromatic hydroxyl groups is 1. The molecule has 4 rings (SSSR count). The van der Waals surface area contributed by atoms with Gasteiger partial charge in [-0.3, -0.25) is 14.5 Å². The van der Waals surface area contributed by atoms with Crippen LogP contribution in [0.1, 0.15) is 36.1 Å². The molecule has 37 heavy (non-hydrogen) atoms. The number of ether oxygens (including phenoxy) is 3. The molecule has 1 atom stereocenters. The Morgan fingerprint density at radius 1 is 1.11 bits per heavy atom. The number of benzene rings is 2. The molecule has 2 N–H and O–H groups in total. The Kier molecular flexibility index (Phi) is 8.35. The van der Waals surface area contributed by atoms with Crippen molar-refractivity contribution >= 4 is 17.4 Å². The molecule has 0 spiro atoms. The lowest BCUT2D eigenvalue weighted by Crippen LogP contribution is -2.38. The van der Waals surface area contributed by atoms with Gasteiger partial charge in [-0.05, 0) is 61.7 Å². The van der Waals surface area contributed by atoms with E-state index in [1.54, 1.807) is 51.3 Å². The van der Waals surface area contributed by atoms with Crippen LogP contribution in [0.15, 0.2) is 42.0 Å². The van der Waals surface area contributed by atoms with Crippen molar-refractivity contribution in [1.29, 1.82) is 0 Å². The average Bonchev–Trinajstić information content (AvgIpc) is 3.15. The van der Waals surface area contributed by atoms with E-state index in [1.807, 2.05) is 0 Å². The second-order valence-corrected chi connectivity index (χ2v) is 9.14. The minimum absolute atomic E-state index is 0.0118. The third kappa shape index (κ3) is 5.57. The minimum atomic E-state index is -0.828. The van der Waals surface area contributed by atoms with Gasteiger partial charge >= 0.3 is 0 Å². The molecule has 0 radical (unpaired) electrons. The zero-order valence-corrected chi connectivity index (χ0v) is 21.5. The van der Waals surface area contributed by atoms with Crippen molar-refractivity contribution in [3.05, 3.63) is 58.7 Å². The van der Waals surface area contributed by atoms with Gasteiger partial charge in [-0.2, -0.15) is 0 Å². The summed E-state index contributed by atoms with van der Waals surface area (Å²) in [4.78, 5) is 30.4. The second kappa shape index (κ2) is 11.7. The summed E-state index contributed by atoms with van der Waals surface area (Å²) in [7, 11) is 1.55. The first-order chi connectivity index (χ1) is 17.8. The van der Waals surface area contributed by atoms with Gasteiger partial charge in [0.2, 0.25) is 0 Å². The lowest BCUT2D eigenvalue weighted by atomic mass is 9.93. The molecule has 0 aromatic heterocycles. The second-order valence-electron chi connectivity index (χ2n) is 9.14. The predicted molar refractivity (Wildman–Crippen MR) is 138 cm³/mol. The highest BCUT2D eigenvalue weighted by Crippen LogP contribution is 2.42. The first-order valence-corrected chi connectivity index (χ1v) is 12.5. The van der Waals surface area contributed by atoms with Crippen LogP contribution in [0, 0.1) is 6.92 Å². The number of methoxy groups -OCH3 is 1. The number of carbonyl (C=O) groups excluding carboxylic acids is 2. The smallest absolute Gasteiger partial charge is 0.295 e. The molecule has 1 amide bonds. The Hall–Kier alpha value is -3.56. The Morgan fingerprint density at radius 2 is 1.86 bits per heavy atom. The van der Waals surface area contributed by atoms with E-state index in [4.69, 9.17) is 14.2 Å². The average molecular weight is 511 g/mol. The van der Waals surface area contributed by atoms with Gasteiger partial charge in [-0.25, -0.2) is 0 Å². The number of carbonyl (C=O) groups is 2. The minimum Gasteiger partial charge on any atom is -0.507 e. The van der Waals surface area contributed by atoms with Gasteiger partial charge in [0, 0.05) is 31.7 Å². The van der Waals surface area contributed by atoms with Gasteiger partial charge in [0.05, 0.1) is 38.5 Å². The zero-order valence-electron chi connectivity index (χ0n) is 21.5. The summed E-state index contributed by atoms with van der Waals surface area (Å²) in [6.07, 6.45) is 0.654. The quantitative estimate of drug-likeness (QED) is 0.301. The van der Waals surface area contributed by atoms with Crippen molar-refractivity contribution in [3.63, 3.8) is 0 Å². The van der Waals surface area contributed by atoms with Crippen LogP contribution in [0.3, 0.4) is 0 Å². The maximum Gasteiger partial charge on any atom is 0.295 e. The van der Waals surface area contributed by atoms with E-state index in [9.17, 15) is 19.8 Å². The van der Waals surface area contributed by atoms with Crippen LogP contribution in [0.2, 0.25) is 0 Å². The van der Waals surface area contributed by atoms with Crippen LogP contribution in [0.4, 0.5) is 0 Å². The molecule has 9 heteroatoms. The van der Waals surface area contributed by atoms with E-state index in [2.05, 4.69) is 4.90 Å². The molecular weight excluding hydrogens is 476 g/mol. The van der Waals surface area contributed by atoms with Gasteiger partial charge in [-0.15, -0.1) is 0 Å². The summed E-state index contributed by atoms with van der Waals surface area (Å²) in [5.41, 5.74) is 1.73. The summed E-state index contributed by atoms with van der Waals surface area (Å²) in [5, 5.41) is 21.6. The molecule has 0 saturated carbocycles. The summed E-state index contributed by atoms with van der Waals surface area (Å²) >= 11 is 0. The Labute approximate surface area is 216 Å². The molecule has 9 nitrogen and oxygen atoms in total. The number of hydrogen-bond donors (Lipinski definition) is 2. The van der Waals surface area contributed by atoms with Crippen molar-refractivity contribution in [2.45, 2.75) is 26.3 Å². The highest BCUT2D eigenvalue weighted by molar-refractivity contribution is 6.46. The van der Waals surface area contributed by atoms with Gasteiger partial charge in [-0.1, -0.05) is 6.07 Å². The van der Waals surface area contributed by atoms with Gasteiger partial charge < -0.3 is 29.3 Å². The summed E-state index contributed by atoms with van der Waals surface area (Å²) in [6, 6.07) is 9.06. The normalized spacial score (nSPS) is 19.9. The zero-order chi connectivity index (χ0) is 26.5. The molecular formula is C28H34N2O7. The van der Waals surface area contributed by atoms with E-state index in [-0.39, 0.29) is 22.8 Å². The molecule has 2 aromatic carbocycles. The first-order valence-electron chi connectivity index (χ1n) is 12.5. The number of rotatable bonds is 9. The van der Waals surface area contributed by atoms with E-state index >= 15 is 0 Å². The number of likely N-dealkylation sites (tertiary alicyclic amines) is 1. The standard InChI is InChI=1S/C28H34N2O7/c1-4-37-23-17-19(6-9-22(23)31)25-24(26(32)21-8-7-20(35-3)16-18(21)2)27(33)28(34)30(25)11-5-10-29-12-14-36-15-13-29/h6-9,16-17,25,31-32H,4-5,10-15H2,1-3H3/b26-24+/t25-/m0/s1. The number of phenols is 1. The molecule has 0 aliphatic carbocycles. The molecule has 198 valence electrons. The van der Waals surface area contributed by atoms with Crippen LogP contribution in [0.5, 0.6) is 17.2 Å². The SMILES string of the molecule is CCOc1cc([C@H]2/C(=C(\O)c3ccc(OC)cc3C)C(=O)C(=O)N2CCCN2CCOCC2)ccc1O.